The van der Waals surface area contributed by atoms with Gasteiger partial charge in [-0.25, -0.2) is 5.43 Å². The fourth-order valence-corrected chi connectivity index (χ4v) is 3.42. The summed E-state index contributed by atoms with van der Waals surface area (Å²) in [4.78, 5) is 24.0. The van der Waals surface area contributed by atoms with Crippen LogP contribution in [-0.4, -0.2) is 38.8 Å². The van der Waals surface area contributed by atoms with E-state index in [2.05, 4.69) is 15.8 Å². The number of nitrogens with one attached hydrogen (secondary N) is 2. The molecule has 2 amide bonds. The van der Waals surface area contributed by atoms with Crippen molar-refractivity contribution < 1.29 is 23.8 Å². The Morgan fingerprint density at radius 1 is 0.861 bits per heavy atom. The second-order valence-corrected chi connectivity index (χ2v) is 8.31. The molecule has 0 bridgehead atoms. The predicted octanol–water partition coefficient (Wildman–Crippen LogP) is 4.40. The third kappa shape index (κ3) is 7.90. The second kappa shape index (κ2) is 13.4. The van der Waals surface area contributed by atoms with Crippen LogP contribution in [0.25, 0.3) is 0 Å². The van der Waals surface area contributed by atoms with Crippen LogP contribution in [0.5, 0.6) is 17.2 Å². The van der Waals surface area contributed by atoms with Crippen LogP contribution in [0.4, 0.5) is 0 Å². The number of benzene rings is 3. The molecule has 0 aliphatic rings. The molecule has 0 unspecified atom stereocenters. The monoisotopic (exact) mass is 529 g/mol. The highest BCUT2D eigenvalue weighted by Crippen LogP contribution is 2.27. The van der Waals surface area contributed by atoms with Gasteiger partial charge in [-0.15, -0.1) is 0 Å². The summed E-state index contributed by atoms with van der Waals surface area (Å²) in [6.07, 6.45) is 1.94. The molecular weight excluding hydrogens is 505 g/mol. The van der Waals surface area contributed by atoms with Gasteiger partial charge in [0, 0.05) is 6.54 Å². The summed E-state index contributed by atoms with van der Waals surface area (Å²) in [7, 11) is 3.11. The van der Waals surface area contributed by atoms with Gasteiger partial charge in [0.05, 0.1) is 30.5 Å². The van der Waals surface area contributed by atoms with Crippen LogP contribution in [0.3, 0.4) is 0 Å². The number of carbonyl (C=O) groups is 2. The highest BCUT2D eigenvalue weighted by molar-refractivity contribution is 6.42. The number of nitrogens with zero attached hydrogens (tertiary/aromatic N) is 1. The molecule has 8 nitrogen and oxygen atoms in total. The first-order valence-electron chi connectivity index (χ1n) is 10.9. The maximum absolute atomic E-state index is 12.0. The molecule has 3 rings (SSSR count). The number of hydrazone groups is 1. The maximum atomic E-state index is 12.0. The van der Waals surface area contributed by atoms with Crippen molar-refractivity contribution in [2.45, 2.75) is 13.0 Å². The molecule has 0 saturated heterocycles. The van der Waals surface area contributed by atoms with Crippen LogP contribution in [-0.2, 0) is 22.6 Å². The van der Waals surface area contributed by atoms with Gasteiger partial charge < -0.3 is 19.5 Å². The topological polar surface area (TPSA) is 98.2 Å². The average molecular weight is 530 g/mol. The first-order chi connectivity index (χ1) is 17.4. The molecular formula is C26H25Cl2N3O5. The zero-order valence-electron chi connectivity index (χ0n) is 19.7. The first-order valence-corrected chi connectivity index (χ1v) is 11.6. The number of ether oxygens (including phenoxy) is 3. The van der Waals surface area contributed by atoms with Crippen LogP contribution in [0.2, 0.25) is 10.0 Å². The molecule has 0 saturated carbocycles. The Kier molecular flexibility index (Phi) is 9.97. The third-order valence-electron chi connectivity index (χ3n) is 5.00. The highest BCUT2D eigenvalue weighted by atomic mass is 35.5. The molecule has 0 fully saturated rings. The lowest BCUT2D eigenvalue weighted by atomic mass is 10.1. The first kappa shape index (κ1) is 26.8. The molecule has 0 radical (unpaired) electrons. The van der Waals surface area contributed by atoms with E-state index in [-0.39, 0.29) is 6.54 Å². The Hall–Kier alpha value is -3.75. The van der Waals surface area contributed by atoms with Gasteiger partial charge in [-0.3, -0.25) is 9.59 Å². The molecule has 2 N–H and O–H groups in total. The zero-order valence-corrected chi connectivity index (χ0v) is 21.2. The minimum atomic E-state index is -0.861. The Morgan fingerprint density at radius 2 is 1.58 bits per heavy atom. The van der Waals surface area contributed by atoms with Gasteiger partial charge in [0.1, 0.15) is 12.4 Å². The quantitative estimate of drug-likeness (QED) is 0.230. The van der Waals surface area contributed by atoms with Crippen molar-refractivity contribution in [1.82, 2.24) is 10.7 Å². The molecule has 0 spiro atoms. The number of hydrogen-bond donors (Lipinski definition) is 2. The number of hydrogen-bond acceptors (Lipinski definition) is 6. The predicted molar refractivity (Wildman–Crippen MR) is 139 cm³/mol. The van der Waals surface area contributed by atoms with Crippen LogP contribution < -0.4 is 25.0 Å². The molecule has 0 aliphatic carbocycles. The summed E-state index contributed by atoms with van der Waals surface area (Å²) in [6, 6.07) is 17.8. The smallest absolute Gasteiger partial charge is 0.329 e. The standard InChI is InChI=1S/C26H25Cl2N3O5/c1-34-23-10-6-17(14-24(23)35-2)11-12-29-25(32)26(33)31-30-15-18-3-7-20(8-4-18)36-16-19-5-9-21(27)22(28)13-19/h3-10,13-15H,11-12,16H2,1-2H3,(H,29,32)(H,31,33)/b30-15-. The number of halogens is 2. The van der Waals surface area contributed by atoms with E-state index in [4.69, 9.17) is 37.4 Å². The average Bonchev–Trinajstić information content (AvgIpc) is 2.89. The molecule has 0 aliphatic heterocycles. The van der Waals surface area contributed by atoms with Gasteiger partial charge in [-0.1, -0.05) is 35.3 Å². The molecule has 0 aromatic heterocycles. The van der Waals surface area contributed by atoms with E-state index in [0.29, 0.717) is 45.9 Å². The Morgan fingerprint density at radius 3 is 2.28 bits per heavy atom. The summed E-state index contributed by atoms with van der Waals surface area (Å²) in [5.41, 5.74) is 4.74. The molecule has 0 heterocycles. The Balaban J connectivity index is 1.40. The van der Waals surface area contributed by atoms with Crippen molar-refractivity contribution in [2.75, 3.05) is 20.8 Å². The molecule has 188 valence electrons. The second-order valence-electron chi connectivity index (χ2n) is 7.50. The van der Waals surface area contributed by atoms with E-state index < -0.39 is 11.8 Å². The fourth-order valence-electron chi connectivity index (χ4n) is 3.10. The van der Waals surface area contributed by atoms with E-state index in [1.807, 2.05) is 18.2 Å². The minimum Gasteiger partial charge on any atom is -0.493 e. The number of rotatable bonds is 10. The molecule has 3 aromatic rings. The number of carbonyl (C=O) groups excluding carboxylic acids is 2. The van der Waals surface area contributed by atoms with Crippen LogP contribution in [0.1, 0.15) is 16.7 Å². The van der Waals surface area contributed by atoms with Crippen LogP contribution >= 0.6 is 23.2 Å². The van der Waals surface area contributed by atoms with Gasteiger partial charge in [0.2, 0.25) is 0 Å². The fraction of sp³-hybridized carbons (Fsp3) is 0.192. The van der Waals surface area contributed by atoms with Crippen molar-refractivity contribution in [2.24, 2.45) is 5.10 Å². The molecule has 10 heteroatoms. The van der Waals surface area contributed by atoms with Gasteiger partial charge in [0.15, 0.2) is 11.5 Å². The lowest BCUT2D eigenvalue weighted by Gasteiger charge is -2.10. The van der Waals surface area contributed by atoms with Crippen molar-refractivity contribution in [3.05, 3.63) is 87.4 Å². The SMILES string of the molecule is COc1ccc(CCNC(=O)C(=O)N/N=C\c2ccc(OCc3ccc(Cl)c(Cl)c3)cc2)cc1OC. The van der Waals surface area contributed by atoms with Crippen molar-refractivity contribution in [3.8, 4) is 17.2 Å². The van der Waals surface area contributed by atoms with E-state index >= 15 is 0 Å². The summed E-state index contributed by atoms with van der Waals surface area (Å²) in [6.45, 7) is 0.608. The lowest BCUT2D eigenvalue weighted by molar-refractivity contribution is -0.139. The highest BCUT2D eigenvalue weighted by Gasteiger charge is 2.12. The van der Waals surface area contributed by atoms with Gasteiger partial charge in [-0.05, 0) is 71.6 Å². The summed E-state index contributed by atoms with van der Waals surface area (Å²) in [5, 5.41) is 7.35. The van der Waals surface area contributed by atoms with Gasteiger partial charge >= 0.3 is 11.8 Å². The van der Waals surface area contributed by atoms with Crippen LogP contribution in [0.15, 0.2) is 65.8 Å². The van der Waals surface area contributed by atoms with Gasteiger partial charge in [0.25, 0.3) is 0 Å². The van der Waals surface area contributed by atoms with Crippen LogP contribution in [0, 0.1) is 0 Å². The minimum absolute atomic E-state index is 0.273. The molecule has 36 heavy (non-hydrogen) atoms. The molecule has 3 aromatic carbocycles. The summed E-state index contributed by atoms with van der Waals surface area (Å²) >= 11 is 11.9. The van der Waals surface area contributed by atoms with Crippen molar-refractivity contribution in [1.29, 1.82) is 0 Å². The third-order valence-corrected chi connectivity index (χ3v) is 5.74. The maximum Gasteiger partial charge on any atom is 0.329 e. The van der Waals surface area contributed by atoms with Crippen molar-refractivity contribution >= 4 is 41.2 Å². The number of amides is 2. The molecule has 0 atom stereocenters. The lowest BCUT2D eigenvalue weighted by Crippen LogP contribution is -2.38. The zero-order chi connectivity index (χ0) is 25.9. The van der Waals surface area contributed by atoms with E-state index in [1.54, 1.807) is 56.7 Å². The largest absolute Gasteiger partial charge is 0.493 e. The van der Waals surface area contributed by atoms with E-state index in [1.165, 1.54) is 6.21 Å². The van der Waals surface area contributed by atoms with Crippen molar-refractivity contribution in [3.63, 3.8) is 0 Å². The van der Waals surface area contributed by atoms with E-state index in [0.717, 1.165) is 11.1 Å². The Bertz CT molecular complexity index is 1230. The van der Waals surface area contributed by atoms with Gasteiger partial charge in [-0.2, -0.15) is 5.10 Å². The summed E-state index contributed by atoms with van der Waals surface area (Å²) < 4.78 is 16.2. The Labute approximate surface area is 219 Å². The summed E-state index contributed by atoms with van der Waals surface area (Å²) in [5.74, 6) is 0.224. The normalized spacial score (nSPS) is 10.7. The number of methoxy groups -OCH3 is 2. The van der Waals surface area contributed by atoms with E-state index in [9.17, 15) is 9.59 Å².